The summed E-state index contributed by atoms with van der Waals surface area (Å²) in [7, 11) is 0. The number of rotatable bonds is 6. The molecule has 2 heterocycles. The summed E-state index contributed by atoms with van der Waals surface area (Å²) in [6, 6.07) is 0. The average Bonchev–Trinajstić information content (AvgIpc) is 2.42. The number of halogens is 1. The maximum atomic E-state index is 5.90. The van der Waals surface area contributed by atoms with E-state index >= 15 is 0 Å². The first-order valence-electron chi connectivity index (χ1n) is 6.60. The molecule has 0 unspecified atom stereocenters. The third-order valence-corrected chi connectivity index (χ3v) is 3.58. The van der Waals surface area contributed by atoms with Crippen molar-refractivity contribution in [3.63, 3.8) is 0 Å². The van der Waals surface area contributed by atoms with Crippen LogP contribution in [0.4, 0.5) is 0 Å². The van der Waals surface area contributed by atoms with Gasteiger partial charge in [0.2, 0.25) is 0 Å². The topological polar surface area (TPSA) is 47.0 Å². The highest BCUT2D eigenvalue weighted by molar-refractivity contribution is 6.29. The molecule has 0 aliphatic carbocycles. The van der Waals surface area contributed by atoms with E-state index in [2.05, 4.69) is 15.3 Å². The van der Waals surface area contributed by atoms with Gasteiger partial charge in [0.1, 0.15) is 5.69 Å². The minimum atomic E-state index is 0.439. The van der Waals surface area contributed by atoms with Crippen molar-refractivity contribution in [2.75, 3.05) is 19.7 Å². The molecule has 1 saturated heterocycles. The van der Waals surface area contributed by atoms with Gasteiger partial charge in [0.25, 0.3) is 0 Å². The van der Waals surface area contributed by atoms with E-state index < -0.39 is 0 Å². The summed E-state index contributed by atoms with van der Waals surface area (Å²) in [6.45, 7) is 3.56. The predicted molar refractivity (Wildman–Crippen MR) is 71.5 cm³/mol. The molecule has 1 atom stereocenters. The second-order valence-corrected chi connectivity index (χ2v) is 5.06. The lowest BCUT2D eigenvalue weighted by atomic mass is 9.95. The number of hydrogen-bond donors (Lipinski definition) is 1. The molecule has 4 nitrogen and oxygen atoms in total. The summed E-state index contributed by atoms with van der Waals surface area (Å²) in [6.07, 6.45) is 8.22. The quantitative estimate of drug-likeness (QED) is 0.806. The molecule has 0 aromatic carbocycles. The second-order valence-electron chi connectivity index (χ2n) is 4.70. The maximum Gasteiger partial charge on any atom is 0.152 e. The van der Waals surface area contributed by atoms with E-state index in [4.69, 9.17) is 16.3 Å². The Morgan fingerprint density at radius 3 is 3.06 bits per heavy atom. The summed E-state index contributed by atoms with van der Waals surface area (Å²) >= 11 is 5.90. The van der Waals surface area contributed by atoms with Crippen LogP contribution >= 0.6 is 11.6 Å². The molecule has 2 rings (SSSR count). The zero-order valence-corrected chi connectivity index (χ0v) is 11.3. The molecule has 1 fully saturated rings. The Kier molecular flexibility index (Phi) is 5.84. The van der Waals surface area contributed by atoms with Gasteiger partial charge in [0.05, 0.1) is 6.61 Å². The molecule has 1 aliphatic rings. The van der Waals surface area contributed by atoms with Gasteiger partial charge in [-0.1, -0.05) is 11.6 Å². The maximum absolute atomic E-state index is 5.90. The lowest BCUT2D eigenvalue weighted by molar-refractivity contribution is 0.110. The SMILES string of the molecule is Clc1nccnc1COCCC[C@H]1CCCNC1. The zero-order chi connectivity index (χ0) is 12.6. The fourth-order valence-electron chi connectivity index (χ4n) is 2.26. The second kappa shape index (κ2) is 7.67. The van der Waals surface area contributed by atoms with E-state index in [1.807, 2.05) is 0 Å². The number of nitrogens with zero attached hydrogens (tertiary/aromatic N) is 2. The first-order chi connectivity index (χ1) is 8.86. The van der Waals surface area contributed by atoms with E-state index in [0.29, 0.717) is 11.8 Å². The number of nitrogens with one attached hydrogen (secondary N) is 1. The van der Waals surface area contributed by atoms with Crippen LogP contribution in [-0.2, 0) is 11.3 Å². The van der Waals surface area contributed by atoms with Crippen LogP contribution in [-0.4, -0.2) is 29.7 Å². The van der Waals surface area contributed by atoms with Gasteiger partial charge in [-0.2, -0.15) is 0 Å². The highest BCUT2D eigenvalue weighted by Gasteiger charge is 2.12. The molecule has 0 radical (unpaired) electrons. The molecule has 1 aromatic heterocycles. The van der Waals surface area contributed by atoms with Gasteiger partial charge in [0, 0.05) is 19.0 Å². The van der Waals surface area contributed by atoms with Crippen molar-refractivity contribution in [3.05, 3.63) is 23.2 Å². The molecule has 100 valence electrons. The lowest BCUT2D eigenvalue weighted by Crippen LogP contribution is -2.29. The van der Waals surface area contributed by atoms with Gasteiger partial charge in [-0.25, -0.2) is 4.98 Å². The first kappa shape index (κ1) is 13.7. The third kappa shape index (κ3) is 4.52. The van der Waals surface area contributed by atoms with Crippen LogP contribution in [0.1, 0.15) is 31.4 Å². The average molecular weight is 270 g/mol. The molecule has 5 heteroatoms. The predicted octanol–water partition coefficient (Wildman–Crippen LogP) is 2.43. The molecule has 0 saturated carbocycles. The highest BCUT2D eigenvalue weighted by Crippen LogP contribution is 2.16. The summed E-state index contributed by atoms with van der Waals surface area (Å²) in [5.74, 6) is 0.822. The van der Waals surface area contributed by atoms with Crippen LogP contribution in [0, 0.1) is 5.92 Å². The molecular formula is C13H20ClN3O. The molecule has 0 amide bonds. The largest absolute Gasteiger partial charge is 0.375 e. The Labute approximate surface area is 113 Å². The smallest absolute Gasteiger partial charge is 0.152 e. The van der Waals surface area contributed by atoms with E-state index in [1.165, 1.54) is 25.8 Å². The van der Waals surface area contributed by atoms with Gasteiger partial charge in [-0.05, 0) is 44.7 Å². The summed E-state index contributed by atoms with van der Waals surface area (Å²) in [5.41, 5.74) is 0.721. The summed E-state index contributed by atoms with van der Waals surface area (Å²) in [5, 5.41) is 3.87. The van der Waals surface area contributed by atoms with Gasteiger partial charge < -0.3 is 10.1 Å². The van der Waals surface area contributed by atoms with Crippen LogP contribution in [0.15, 0.2) is 12.4 Å². The fraction of sp³-hybridized carbons (Fsp3) is 0.692. The lowest BCUT2D eigenvalue weighted by Gasteiger charge is -2.22. The monoisotopic (exact) mass is 269 g/mol. The molecular weight excluding hydrogens is 250 g/mol. The molecule has 1 aromatic rings. The minimum Gasteiger partial charge on any atom is -0.375 e. The molecule has 0 spiro atoms. The van der Waals surface area contributed by atoms with Crippen LogP contribution in [0.3, 0.4) is 0 Å². The van der Waals surface area contributed by atoms with Crippen LogP contribution in [0.25, 0.3) is 0 Å². The first-order valence-corrected chi connectivity index (χ1v) is 6.98. The fourth-order valence-corrected chi connectivity index (χ4v) is 2.42. The number of hydrogen-bond acceptors (Lipinski definition) is 4. The summed E-state index contributed by atoms with van der Waals surface area (Å²) < 4.78 is 5.58. The summed E-state index contributed by atoms with van der Waals surface area (Å²) in [4.78, 5) is 8.10. The Balaban J connectivity index is 1.57. The van der Waals surface area contributed by atoms with E-state index in [9.17, 15) is 0 Å². The van der Waals surface area contributed by atoms with Crippen molar-refractivity contribution in [2.24, 2.45) is 5.92 Å². The molecule has 0 bridgehead atoms. The third-order valence-electron chi connectivity index (χ3n) is 3.26. The van der Waals surface area contributed by atoms with E-state index in [0.717, 1.165) is 31.2 Å². The van der Waals surface area contributed by atoms with Gasteiger partial charge >= 0.3 is 0 Å². The van der Waals surface area contributed by atoms with Crippen molar-refractivity contribution in [1.82, 2.24) is 15.3 Å². The number of ether oxygens (including phenoxy) is 1. The standard InChI is InChI=1S/C13H20ClN3O/c14-13-12(16-6-7-17-13)10-18-8-2-4-11-3-1-5-15-9-11/h6-7,11,15H,1-5,8-10H2/t11-/m1/s1. The normalized spacial score (nSPS) is 19.9. The van der Waals surface area contributed by atoms with E-state index in [1.54, 1.807) is 12.4 Å². The van der Waals surface area contributed by atoms with Crippen molar-refractivity contribution < 1.29 is 4.74 Å². The van der Waals surface area contributed by atoms with Crippen molar-refractivity contribution in [3.8, 4) is 0 Å². The van der Waals surface area contributed by atoms with Crippen LogP contribution in [0.5, 0.6) is 0 Å². The van der Waals surface area contributed by atoms with Gasteiger partial charge in [-0.15, -0.1) is 0 Å². The van der Waals surface area contributed by atoms with Crippen LogP contribution < -0.4 is 5.32 Å². The number of piperidine rings is 1. The van der Waals surface area contributed by atoms with E-state index in [-0.39, 0.29) is 0 Å². The van der Waals surface area contributed by atoms with Crippen LogP contribution in [0.2, 0.25) is 5.15 Å². The van der Waals surface area contributed by atoms with Crippen molar-refractivity contribution in [2.45, 2.75) is 32.3 Å². The Hall–Kier alpha value is -0.710. The van der Waals surface area contributed by atoms with Crippen molar-refractivity contribution >= 4 is 11.6 Å². The Morgan fingerprint density at radius 2 is 2.28 bits per heavy atom. The Bertz CT molecular complexity index is 356. The van der Waals surface area contributed by atoms with Gasteiger partial charge in [0.15, 0.2) is 5.15 Å². The van der Waals surface area contributed by atoms with Crippen molar-refractivity contribution in [1.29, 1.82) is 0 Å². The number of aromatic nitrogens is 2. The highest BCUT2D eigenvalue weighted by atomic mass is 35.5. The minimum absolute atomic E-state index is 0.439. The molecule has 18 heavy (non-hydrogen) atoms. The molecule has 1 aliphatic heterocycles. The zero-order valence-electron chi connectivity index (χ0n) is 10.6. The Morgan fingerprint density at radius 1 is 1.39 bits per heavy atom. The van der Waals surface area contributed by atoms with Gasteiger partial charge in [-0.3, -0.25) is 4.98 Å². The molecule has 1 N–H and O–H groups in total.